The fraction of sp³-hybridized carbons (Fsp3) is 0.125. The van der Waals surface area contributed by atoms with Crippen molar-refractivity contribution >= 4 is 41.3 Å². The van der Waals surface area contributed by atoms with Crippen molar-refractivity contribution in [3.8, 4) is 17.2 Å². The molecule has 0 aromatic heterocycles. The number of rotatable bonds is 9. The summed E-state index contributed by atoms with van der Waals surface area (Å²) in [6.45, 7) is 2.17. The van der Waals surface area contributed by atoms with Crippen LogP contribution in [0, 0.1) is 0 Å². The monoisotopic (exact) mass is 486 g/mol. The SMILES string of the molecule is CCOc1ccc(C(=O)Oc2ccc(C=NNC(=O)COc3ccc(Cl)cc3Cl)cc2)cc1. The minimum Gasteiger partial charge on any atom is -0.494 e. The molecule has 1 amide bonds. The standard InChI is InChI=1S/C24H20Cl2N2O5/c1-2-31-19-10-5-17(6-11-19)24(30)33-20-8-3-16(4-9-20)14-27-28-23(29)15-32-22-12-7-18(25)13-21(22)26/h3-14H,2,15H2,1H3,(H,28,29). The number of esters is 1. The molecule has 0 saturated carbocycles. The molecule has 170 valence electrons. The smallest absolute Gasteiger partial charge is 0.343 e. The first-order valence-electron chi connectivity index (χ1n) is 9.89. The first-order valence-corrected chi connectivity index (χ1v) is 10.6. The van der Waals surface area contributed by atoms with Gasteiger partial charge in [-0.25, -0.2) is 10.2 Å². The number of nitrogens with zero attached hydrogens (tertiary/aromatic N) is 1. The Balaban J connectivity index is 1.46. The van der Waals surface area contributed by atoms with Crippen LogP contribution in [0.1, 0.15) is 22.8 Å². The molecule has 0 aliphatic heterocycles. The molecule has 0 aliphatic carbocycles. The fourth-order valence-electron chi connectivity index (χ4n) is 2.59. The van der Waals surface area contributed by atoms with Gasteiger partial charge in [-0.15, -0.1) is 0 Å². The van der Waals surface area contributed by atoms with Crippen molar-refractivity contribution in [3.63, 3.8) is 0 Å². The summed E-state index contributed by atoms with van der Waals surface area (Å²) in [5.74, 6) is 0.467. The number of carbonyl (C=O) groups is 2. The maximum Gasteiger partial charge on any atom is 0.343 e. The summed E-state index contributed by atoms with van der Waals surface area (Å²) in [4.78, 5) is 24.1. The Morgan fingerprint density at radius 2 is 1.64 bits per heavy atom. The van der Waals surface area contributed by atoms with E-state index in [0.717, 1.165) is 0 Å². The zero-order chi connectivity index (χ0) is 23.6. The first-order chi connectivity index (χ1) is 15.9. The second-order valence-corrected chi connectivity index (χ2v) is 7.42. The van der Waals surface area contributed by atoms with Crippen molar-refractivity contribution in [1.82, 2.24) is 5.43 Å². The minimum absolute atomic E-state index is 0.265. The highest BCUT2D eigenvalue weighted by Gasteiger charge is 2.09. The fourth-order valence-corrected chi connectivity index (χ4v) is 3.05. The average molecular weight is 487 g/mol. The van der Waals surface area contributed by atoms with Gasteiger partial charge in [-0.05, 0) is 79.2 Å². The van der Waals surface area contributed by atoms with E-state index >= 15 is 0 Å². The van der Waals surface area contributed by atoms with Crippen LogP contribution < -0.4 is 19.6 Å². The number of hydrogen-bond acceptors (Lipinski definition) is 6. The van der Waals surface area contributed by atoms with Gasteiger partial charge in [0, 0.05) is 5.02 Å². The molecule has 0 bridgehead atoms. The lowest BCUT2D eigenvalue weighted by Crippen LogP contribution is -2.24. The largest absolute Gasteiger partial charge is 0.494 e. The van der Waals surface area contributed by atoms with Crippen LogP contribution in [0.5, 0.6) is 17.2 Å². The number of halogens is 2. The van der Waals surface area contributed by atoms with E-state index in [4.69, 9.17) is 37.4 Å². The van der Waals surface area contributed by atoms with E-state index in [1.165, 1.54) is 12.3 Å². The second-order valence-electron chi connectivity index (χ2n) is 6.57. The van der Waals surface area contributed by atoms with Gasteiger partial charge in [-0.2, -0.15) is 5.10 Å². The van der Waals surface area contributed by atoms with Crippen molar-refractivity contribution in [2.24, 2.45) is 5.10 Å². The molecule has 3 rings (SSSR count). The Bertz CT molecular complexity index is 1130. The molecule has 3 aromatic carbocycles. The molecule has 0 radical (unpaired) electrons. The quantitative estimate of drug-likeness (QED) is 0.196. The lowest BCUT2D eigenvalue weighted by molar-refractivity contribution is -0.123. The number of hydrazone groups is 1. The summed E-state index contributed by atoms with van der Waals surface area (Å²) in [5, 5.41) is 4.65. The van der Waals surface area contributed by atoms with Crippen LogP contribution in [0.25, 0.3) is 0 Å². The van der Waals surface area contributed by atoms with Crippen molar-refractivity contribution in [2.75, 3.05) is 13.2 Å². The molecule has 0 unspecified atom stereocenters. The van der Waals surface area contributed by atoms with E-state index in [1.807, 2.05) is 6.92 Å². The summed E-state index contributed by atoms with van der Waals surface area (Å²) in [6.07, 6.45) is 1.45. The molecule has 0 saturated heterocycles. The highest BCUT2D eigenvalue weighted by Crippen LogP contribution is 2.27. The number of hydrogen-bond donors (Lipinski definition) is 1. The molecule has 1 N–H and O–H groups in total. The molecule has 0 heterocycles. The molecule has 0 fully saturated rings. The van der Waals surface area contributed by atoms with Crippen molar-refractivity contribution in [3.05, 3.63) is 87.9 Å². The van der Waals surface area contributed by atoms with Crippen molar-refractivity contribution in [2.45, 2.75) is 6.92 Å². The van der Waals surface area contributed by atoms with E-state index in [9.17, 15) is 9.59 Å². The van der Waals surface area contributed by atoms with Gasteiger partial charge in [0.25, 0.3) is 5.91 Å². The van der Waals surface area contributed by atoms with Crippen LogP contribution in [0.4, 0.5) is 0 Å². The van der Waals surface area contributed by atoms with Gasteiger partial charge in [0.05, 0.1) is 23.4 Å². The van der Waals surface area contributed by atoms with E-state index in [2.05, 4.69) is 10.5 Å². The maximum absolute atomic E-state index is 12.3. The highest BCUT2D eigenvalue weighted by molar-refractivity contribution is 6.35. The van der Waals surface area contributed by atoms with Crippen molar-refractivity contribution < 1.29 is 23.8 Å². The van der Waals surface area contributed by atoms with Gasteiger partial charge in [-0.1, -0.05) is 23.2 Å². The summed E-state index contributed by atoms with van der Waals surface area (Å²) in [7, 11) is 0. The van der Waals surface area contributed by atoms with Crippen LogP contribution in [-0.4, -0.2) is 31.3 Å². The zero-order valence-electron chi connectivity index (χ0n) is 17.6. The van der Waals surface area contributed by atoms with Crippen LogP contribution in [-0.2, 0) is 4.79 Å². The molecule has 0 spiro atoms. The van der Waals surface area contributed by atoms with Gasteiger partial charge in [-0.3, -0.25) is 4.79 Å². The lowest BCUT2D eigenvalue weighted by atomic mass is 10.2. The third-order valence-corrected chi connectivity index (χ3v) is 4.68. The maximum atomic E-state index is 12.3. The predicted molar refractivity (Wildman–Crippen MR) is 127 cm³/mol. The van der Waals surface area contributed by atoms with Crippen LogP contribution in [0.3, 0.4) is 0 Å². The summed E-state index contributed by atoms with van der Waals surface area (Å²) in [5.41, 5.74) is 3.46. The van der Waals surface area contributed by atoms with Gasteiger partial charge in [0.15, 0.2) is 6.61 Å². The molecule has 33 heavy (non-hydrogen) atoms. The van der Waals surface area contributed by atoms with E-state index < -0.39 is 11.9 Å². The van der Waals surface area contributed by atoms with Crippen LogP contribution in [0.15, 0.2) is 71.8 Å². The normalized spacial score (nSPS) is 10.6. The van der Waals surface area contributed by atoms with Gasteiger partial charge < -0.3 is 14.2 Å². The lowest BCUT2D eigenvalue weighted by Gasteiger charge is -2.07. The third kappa shape index (κ3) is 7.52. The second kappa shape index (κ2) is 11.9. The number of carbonyl (C=O) groups excluding carboxylic acids is 2. The number of amides is 1. The summed E-state index contributed by atoms with van der Waals surface area (Å²) in [6, 6.07) is 18.1. The Labute approximate surface area is 200 Å². The van der Waals surface area contributed by atoms with E-state index in [-0.39, 0.29) is 6.61 Å². The Kier molecular flexibility index (Phi) is 8.69. The Morgan fingerprint density at radius 3 is 2.30 bits per heavy atom. The highest BCUT2D eigenvalue weighted by atomic mass is 35.5. The molecular formula is C24H20Cl2N2O5. The molecule has 3 aromatic rings. The molecule has 9 heteroatoms. The summed E-state index contributed by atoms with van der Waals surface area (Å²) >= 11 is 11.8. The molecular weight excluding hydrogens is 467 g/mol. The van der Waals surface area contributed by atoms with E-state index in [1.54, 1.807) is 60.7 Å². The average Bonchev–Trinajstić information content (AvgIpc) is 2.80. The predicted octanol–water partition coefficient (Wildman–Crippen LogP) is 5.14. The number of benzene rings is 3. The Hall–Kier alpha value is -3.55. The van der Waals surface area contributed by atoms with Gasteiger partial charge in [0.1, 0.15) is 17.2 Å². The number of nitrogens with one attached hydrogen (secondary N) is 1. The van der Waals surface area contributed by atoms with Crippen molar-refractivity contribution in [1.29, 1.82) is 0 Å². The van der Waals surface area contributed by atoms with Crippen LogP contribution in [0.2, 0.25) is 10.0 Å². The van der Waals surface area contributed by atoms with Crippen LogP contribution >= 0.6 is 23.2 Å². The summed E-state index contributed by atoms with van der Waals surface area (Å²) < 4.78 is 16.0. The minimum atomic E-state index is -0.479. The molecule has 0 atom stereocenters. The third-order valence-electron chi connectivity index (χ3n) is 4.15. The number of ether oxygens (including phenoxy) is 3. The Morgan fingerprint density at radius 1 is 0.939 bits per heavy atom. The topological polar surface area (TPSA) is 86.2 Å². The van der Waals surface area contributed by atoms with Gasteiger partial charge >= 0.3 is 5.97 Å². The zero-order valence-corrected chi connectivity index (χ0v) is 19.1. The first kappa shape index (κ1) is 24.1. The van der Waals surface area contributed by atoms with Gasteiger partial charge in [0.2, 0.25) is 0 Å². The molecule has 0 aliphatic rings. The van der Waals surface area contributed by atoms with E-state index in [0.29, 0.717) is 45.0 Å². The molecule has 7 nitrogen and oxygen atoms in total.